The lowest BCUT2D eigenvalue weighted by atomic mass is 10.1. The molecule has 0 aromatic rings. The Morgan fingerprint density at radius 3 is 2.92 bits per heavy atom. The van der Waals surface area contributed by atoms with Crippen LogP contribution < -0.4 is 5.32 Å². The predicted octanol–water partition coefficient (Wildman–Crippen LogP) is 1.02. The first kappa shape index (κ1) is 9.23. The first-order valence-electron chi connectivity index (χ1n) is 4.53. The van der Waals surface area contributed by atoms with E-state index in [1.54, 1.807) is 0 Å². The van der Waals surface area contributed by atoms with E-state index in [0.29, 0.717) is 19.3 Å². The normalized spacial score (nSPS) is 22.4. The highest BCUT2D eigenvalue weighted by Crippen LogP contribution is 2.12. The molecule has 0 aliphatic carbocycles. The molecule has 0 bridgehead atoms. The molecule has 1 amide bonds. The van der Waals surface area contributed by atoms with Crippen molar-refractivity contribution in [2.24, 2.45) is 0 Å². The van der Waals surface area contributed by atoms with Crippen LogP contribution in [-0.4, -0.2) is 17.7 Å². The average Bonchev–Trinajstić information content (AvgIpc) is 2.47. The van der Waals surface area contributed by atoms with Gasteiger partial charge in [-0.1, -0.05) is 6.92 Å². The topological polar surface area (TPSA) is 46.2 Å². The molecule has 1 heterocycles. The largest absolute Gasteiger partial charge is 0.353 e. The van der Waals surface area contributed by atoms with E-state index in [0.717, 1.165) is 12.8 Å². The van der Waals surface area contributed by atoms with Crippen LogP contribution in [0.25, 0.3) is 0 Å². The standard InChI is InChI=1S/C9H15NO2/c1-2-8(11)5-3-7-4-6-9(12)10-7/h7H,2-6H2,1H3,(H,10,12). The summed E-state index contributed by atoms with van der Waals surface area (Å²) in [6.45, 7) is 1.87. The zero-order valence-electron chi connectivity index (χ0n) is 7.43. The van der Waals surface area contributed by atoms with Crippen LogP contribution in [-0.2, 0) is 9.59 Å². The van der Waals surface area contributed by atoms with Gasteiger partial charge in [-0.15, -0.1) is 0 Å². The molecule has 3 nitrogen and oxygen atoms in total. The van der Waals surface area contributed by atoms with Crippen molar-refractivity contribution in [1.82, 2.24) is 5.32 Å². The van der Waals surface area contributed by atoms with E-state index in [1.165, 1.54) is 0 Å². The van der Waals surface area contributed by atoms with E-state index in [9.17, 15) is 9.59 Å². The van der Waals surface area contributed by atoms with E-state index in [-0.39, 0.29) is 17.7 Å². The van der Waals surface area contributed by atoms with E-state index in [2.05, 4.69) is 5.32 Å². The van der Waals surface area contributed by atoms with Gasteiger partial charge in [0.05, 0.1) is 0 Å². The van der Waals surface area contributed by atoms with Crippen molar-refractivity contribution in [3.05, 3.63) is 0 Å². The Hall–Kier alpha value is -0.860. The first-order chi connectivity index (χ1) is 5.72. The van der Waals surface area contributed by atoms with Gasteiger partial charge in [0.1, 0.15) is 5.78 Å². The third kappa shape index (κ3) is 2.64. The number of hydrogen-bond acceptors (Lipinski definition) is 2. The Morgan fingerprint density at radius 1 is 1.67 bits per heavy atom. The molecule has 12 heavy (non-hydrogen) atoms. The molecule has 3 heteroatoms. The van der Waals surface area contributed by atoms with Crippen LogP contribution in [0, 0.1) is 0 Å². The second kappa shape index (κ2) is 4.24. The fourth-order valence-corrected chi connectivity index (χ4v) is 1.41. The summed E-state index contributed by atoms with van der Waals surface area (Å²) < 4.78 is 0. The average molecular weight is 169 g/mol. The zero-order valence-corrected chi connectivity index (χ0v) is 7.43. The molecule has 0 saturated carbocycles. The molecule has 1 atom stereocenters. The van der Waals surface area contributed by atoms with E-state index in [1.807, 2.05) is 6.92 Å². The van der Waals surface area contributed by atoms with Gasteiger partial charge in [0.25, 0.3) is 0 Å². The molecule has 1 fully saturated rings. The Bertz CT molecular complexity index is 189. The van der Waals surface area contributed by atoms with Gasteiger partial charge in [-0.2, -0.15) is 0 Å². The van der Waals surface area contributed by atoms with Gasteiger partial charge in [-0.25, -0.2) is 0 Å². The minimum absolute atomic E-state index is 0.129. The first-order valence-corrected chi connectivity index (χ1v) is 4.53. The Balaban J connectivity index is 2.16. The fraction of sp³-hybridized carbons (Fsp3) is 0.778. The predicted molar refractivity (Wildman–Crippen MR) is 45.7 cm³/mol. The zero-order chi connectivity index (χ0) is 8.97. The maximum Gasteiger partial charge on any atom is 0.220 e. The molecule has 1 aliphatic heterocycles. The fourth-order valence-electron chi connectivity index (χ4n) is 1.41. The highest BCUT2D eigenvalue weighted by molar-refractivity contribution is 5.79. The molecule has 1 N–H and O–H groups in total. The van der Waals surface area contributed by atoms with Crippen LogP contribution >= 0.6 is 0 Å². The van der Waals surface area contributed by atoms with Crippen molar-refractivity contribution in [3.8, 4) is 0 Å². The molecule has 68 valence electrons. The second-order valence-corrected chi connectivity index (χ2v) is 3.23. The van der Waals surface area contributed by atoms with Crippen LogP contribution in [0.1, 0.15) is 39.0 Å². The minimum atomic E-state index is 0.129. The highest BCUT2D eigenvalue weighted by Gasteiger charge is 2.20. The second-order valence-electron chi connectivity index (χ2n) is 3.23. The number of carbonyl (C=O) groups is 2. The number of rotatable bonds is 4. The van der Waals surface area contributed by atoms with Crippen molar-refractivity contribution < 1.29 is 9.59 Å². The molecule has 1 rings (SSSR count). The maximum absolute atomic E-state index is 10.9. The summed E-state index contributed by atoms with van der Waals surface area (Å²) in [6, 6.07) is 0.257. The third-order valence-electron chi connectivity index (χ3n) is 2.25. The summed E-state index contributed by atoms with van der Waals surface area (Å²) in [5.41, 5.74) is 0. The van der Waals surface area contributed by atoms with Gasteiger partial charge < -0.3 is 5.32 Å². The summed E-state index contributed by atoms with van der Waals surface area (Å²) >= 11 is 0. The van der Waals surface area contributed by atoms with Crippen LogP contribution in [0.5, 0.6) is 0 Å². The summed E-state index contributed by atoms with van der Waals surface area (Å²) in [6.07, 6.45) is 3.57. The highest BCUT2D eigenvalue weighted by atomic mass is 16.2. The number of Topliss-reactive ketones (excluding diaryl/α,β-unsaturated/α-hetero) is 1. The smallest absolute Gasteiger partial charge is 0.220 e. The summed E-state index contributed by atoms with van der Waals surface area (Å²) in [5, 5.41) is 2.84. The summed E-state index contributed by atoms with van der Waals surface area (Å²) in [4.78, 5) is 21.7. The van der Waals surface area contributed by atoms with Crippen LogP contribution in [0.3, 0.4) is 0 Å². The number of amides is 1. The van der Waals surface area contributed by atoms with Gasteiger partial charge in [-0.3, -0.25) is 9.59 Å². The van der Waals surface area contributed by atoms with Crippen LogP contribution in [0.4, 0.5) is 0 Å². The summed E-state index contributed by atoms with van der Waals surface area (Å²) in [5.74, 6) is 0.417. The molecular formula is C9H15NO2. The van der Waals surface area contributed by atoms with Crippen molar-refractivity contribution in [2.75, 3.05) is 0 Å². The van der Waals surface area contributed by atoms with Crippen molar-refractivity contribution >= 4 is 11.7 Å². The van der Waals surface area contributed by atoms with Gasteiger partial charge in [0.15, 0.2) is 0 Å². The molecule has 0 radical (unpaired) electrons. The lowest BCUT2D eigenvalue weighted by Crippen LogP contribution is -2.25. The van der Waals surface area contributed by atoms with E-state index < -0.39 is 0 Å². The lowest BCUT2D eigenvalue weighted by Gasteiger charge is -2.07. The third-order valence-corrected chi connectivity index (χ3v) is 2.25. The minimum Gasteiger partial charge on any atom is -0.353 e. The Morgan fingerprint density at radius 2 is 2.42 bits per heavy atom. The lowest BCUT2D eigenvalue weighted by molar-refractivity contribution is -0.120. The molecule has 1 aliphatic rings. The van der Waals surface area contributed by atoms with Gasteiger partial charge in [-0.05, 0) is 12.8 Å². The molecule has 0 spiro atoms. The van der Waals surface area contributed by atoms with Crippen molar-refractivity contribution in [3.63, 3.8) is 0 Å². The Kier molecular flexibility index (Phi) is 3.26. The number of carbonyl (C=O) groups excluding carboxylic acids is 2. The molecular weight excluding hydrogens is 154 g/mol. The number of hydrogen-bond donors (Lipinski definition) is 1. The monoisotopic (exact) mass is 169 g/mol. The van der Waals surface area contributed by atoms with Gasteiger partial charge >= 0.3 is 0 Å². The number of ketones is 1. The quantitative estimate of drug-likeness (QED) is 0.683. The van der Waals surface area contributed by atoms with Gasteiger partial charge in [0.2, 0.25) is 5.91 Å². The van der Waals surface area contributed by atoms with Crippen molar-refractivity contribution in [2.45, 2.75) is 45.1 Å². The molecule has 0 aromatic heterocycles. The molecule has 0 aromatic carbocycles. The van der Waals surface area contributed by atoms with E-state index >= 15 is 0 Å². The van der Waals surface area contributed by atoms with Crippen LogP contribution in [0.15, 0.2) is 0 Å². The van der Waals surface area contributed by atoms with Gasteiger partial charge in [0, 0.05) is 25.3 Å². The number of nitrogens with one attached hydrogen (secondary N) is 1. The Labute approximate surface area is 72.5 Å². The van der Waals surface area contributed by atoms with Crippen molar-refractivity contribution in [1.29, 1.82) is 0 Å². The SMILES string of the molecule is CCC(=O)CCC1CCC(=O)N1. The maximum atomic E-state index is 10.9. The summed E-state index contributed by atoms with van der Waals surface area (Å²) in [7, 11) is 0. The molecule has 1 unspecified atom stereocenters. The van der Waals surface area contributed by atoms with E-state index in [4.69, 9.17) is 0 Å². The van der Waals surface area contributed by atoms with Crippen LogP contribution in [0.2, 0.25) is 0 Å². The molecule has 1 saturated heterocycles.